The molecule has 0 spiro atoms. The van der Waals surface area contributed by atoms with Crippen molar-refractivity contribution in [1.82, 2.24) is 25.1 Å². The van der Waals surface area contributed by atoms with Crippen LogP contribution < -0.4 is 0 Å². The van der Waals surface area contributed by atoms with Crippen molar-refractivity contribution in [1.29, 1.82) is 0 Å². The van der Waals surface area contributed by atoms with Gasteiger partial charge in [0, 0.05) is 31.1 Å². The minimum atomic E-state index is 0.480. The van der Waals surface area contributed by atoms with Gasteiger partial charge in [-0.15, -0.1) is 0 Å². The van der Waals surface area contributed by atoms with Crippen LogP contribution in [0.2, 0.25) is 0 Å². The van der Waals surface area contributed by atoms with E-state index in [0.29, 0.717) is 5.92 Å². The van der Waals surface area contributed by atoms with E-state index in [9.17, 15) is 0 Å². The van der Waals surface area contributed by atoms with Gasteiger partial charge in [-0.1, -0.05) is 42.5 Å². The van der Waals surface area contributed by atoms with Gasteiger partial charge >= 0.3 is 0 Å². The minimum Gasteiger partial charge on any atom is -0.297 e. The summed E-state index contributed by atoms with van der Waals surface area (Å²) in [7, 11) is 0. The number of para-hydroxylation sites is 2. The van der Waals surface area contributed by atoms with Crippen LogP contribution in [0.15, 0.2) is 60.8 Å². The Balaban J connectivity index is 1.32. The number of H-pyrrole nitrogens is 1. The lowest BCUT2D eigenvalue weighted by molar-refractivity contribution is 0.195. The van der Waals surface area contributed by atoms with Crippen molar-refractivity contribution in [3.8, 4) is 0 Å². The summed E-state index contributed by atoms with van der Waals surface area (Å²) in [6.07, 6.45) is 5.32. The Kier molecular flexibility index (Phi) is 5.28. The van der Waals surface area contributed by atoms with Crippen LogP contribution in [-0.4, -0.2) is 38.2 Å². The van der Waals surface area contributed by atoms with E-state index >= 15 is 0 Å². The Labute approximate surface area is 177 Å². The second kappa shape index (κ2) is 8.36. The first kappa shape index (κ1) is 18.9. The van der Waals surface area contributed by atoms with Crippen LogP contribution in [0.5, 0.6) is 0 Å². The molecule has 30 heavy (non-hydrogen) atoms. The number of piperidine rings is 1. The van der Waals surface area contributed by atoms with Gasteiger partial charge in [-0.25, -0.2) is 9.97 Å². The lowest BCUT2D eigenvalue weighted by Gasteiger charge is -2.32. The maximum atomic E-state index is 4.91. The summed E-state index contributed by atoms with van der Waals surface area (Å²) in [5, 5.41) is 7.70. The quantitative estimate of drug-likeness (QED) is 0.533. The van der Waals surface area contributed by atoms with Crippen molar-refractivity contribution >= 4 is 11.0 Å². The molecule has 2 aromatic carbocycles. The van der Waals surface area contributed by atoms with E-state index in [1.807, 2.05) is 30.5 Å². The number of rotatable bonds is 5. The van der Waals surface area contributed by atoms with Crippen molar-refractivity contribution < 1.29 is 0 Å². The van der Waals surface area contributed by atoms with Gasteiger partial charge in [-0.2, -0.15) is 5.10 Å². The number of likely N-dealkylation sites (tertiary alicyclic amines) is 1. The third kappa shape index (κ3) is 3.98. The number of benzene rings is 2. The van der Waals surface area contributed by atoms with Gasteiger partial charge in [0.15, 0.2) is 0 Å². The summed E-state index contributed by atoms with van der Waals surface area (Å²) < 4.78 is 0. The number of nitrogens with zero attached hydrogens (tertiary/aromatic N) is 4. The first-order valence-electron chi connectivity index (χ1n) is 10.8. The fraction of sp³-hybridized carbons (Fsp3) is 0.320. The number of nitrogens with one attached hydrogen (secondary N) is 1. The van der Waals surface area contributed by atoms with E-state index in [-0.39, 0.29) is 0 Å². The summed E-state index contributed by atoms with van der Waals surface area (Å²) in [4.78, 5) is 12.2. The molecule has 1 atom stereocenters. The summed E-state index contributed by atoms with van der Waals surface area (Å²) in [5.74, 6) is 0.480. The molecule has 0 aliphatic carbocycles. The average Bonchev–Trinajstić information content (AvgIpc) is 3.23. The van der Waals surface area contributed by atoms with Gasteiger partial charge in [-0.3, -0.25) is 10.00 Å². The highest BCUT2D eigenvalue weighted by molar-refractivity contribution is 5.74. The van der Waals surface area contributed by atoms with Crippen LogP contribution in [0.1, 0.15) is 47.0 Å². The van der Waals surface area contributed by atoms with Crippen LogP contribution in [-0.2, 0) is 13.0 Å². The summed E-state index contributed by atoms with van der Waals surface area (Å²) in [6, 6.07) is 18.8. The highest BCUT2D eigenvalue weighted by atomic mass is 15.2. The Bertz CT molecular complexity index is 1130. The molecule has 1 aliphatic heterocycles. The van der Waals surface area contributed by atoms with E-state index in [2.05, 4.69) is 52.4 Å². The van der Waals surface area contributed by atoms with Crippen molar-refractivity contribution in [2.45, 2.75) is 38.6 Å². The Morgan fingerprint density at radius 3 is 2.60 bits per heavy atom. The van der Waals surface area contributed by atoms with Crippen molar-refractivity contribution in [2.24, 2.45) is 0 Å². The molecule has 1 saturated heterocycles. The maximum Gasteiger partial charge on any atom is 0.0890 e. The van der Waals surface area contributed by atoms with Crippen molar-refractivity contribution in [2.75, 3.05) is 13.1 Å². The zero-order chi connectivity index (χ0) is 20.3. The molecule has 1 N–H and O–H groups in total. The first-order chi connectivity index (χ1) is 14.8. The van der Waals surface area contributed by atoms with Crippen molar-refractivity contribution in [3.63, 3.8) is 0 Å². The predicted molar refractivity (Wildman–Crippen MR) is 119 cm³/mol. The normalized spacial score (nSPS) is 17.4. The zero-order valence-electron chi connectivity index (χ0n) is 17.4. The highest BCUT2D eigenvalue weighted by Crippen LogP contribution is 2.30. The molecule has 0 radical (unpaired) electrons. The second-order valence-electron chi connectivity index (χ2n) is 8.29. The third-order valence-corrected chi connectivity index (χ3v) is 6.12. The molecule has 1 aliphatic rings. The van der Waals surface area contributed by atoms with Gasteiger partial charge in [0.2, 0.25) is 0 Å². The molecule has 152 valence electrons. The number of hydrogen-bond acceptors (Lipinski definition) is 4. The monoisotopic (exact) mass is 397 g/mol. The standard InChI is InChI=1S/C25H27N5/c1-18-24(28-23-12-6-5-11-22(23)27-18)17-30-13-7-10-20(16-30)25-21(15-26-29-25)14-19-8-3-2-4-9-19/h2-6,8-9,11-12,15,20H,7,10,13-14,16-17H2,1H3,(H,26,29). The summed E-state index contributed by atoms with van der Waals surface area (Å²) in [5.41, 5.74) is 8.00. The van der Waals surface area contributed by atoms with Gasteiger partial charge in [0.1, 0.15) is 0 Å². The van der Waals surface area contributed by atoms with Crippen LogP contribution in [0, 0.1) is 6.92 Å². The molecule has 0 amide bonds. The van der Waals surface area contributed by atoms with E-state index in [4.69, 9.17) is 9.97 Å². The van der Waals surface area contributed by atoms with Gasteiger partial charge in [0.05, 0.1) is 28.6 Å². The Morgan fingerprint density at radius 1 is 1.00 bits per heavy atom. The molecule has 5 rings (SSSR count). The fourth-order valence-electron chi connectivity index (χ4n) is 4.55. The number of fused-ring (bicyclic) bond motifs is 1. The van der Waals surface area contributed by atoms with E-state index in [1.54, 1.807) is 0 Å². The van der Waals surface area contributed by atoms with Gasteiger partial charge < -0.3 is 0 Å². The van der Waals surface area contributed by atoms with Crippen LogP contribution in [0.25, 0.3) is 11.0 Å². The van der Waals surface area contributed by atoms with Crippen LogP contribution in [0.3, 0.4) is 0 Å². The molecule has 5 nitrogen and oxygen atoms in total. The second-order valence-corrected chi connectivity index (χ2v) is 8.29. The molecule has 5 heteroatoms. The number of hydrogen-bond donors (Lipinski definition) is 1. The predicted octanol–water partition coefficient (Wildman–Crippen LogP) is 4.63. The molecule has 3 heterocycles. The zero-order valence-corrected chi connectivity index (χ0v) is 17.4. The molecular weight excluding hydrogens is 370 g/mol. The Hall–Kier alpha value is -3.05. The molecule has 1 fully saturated rings. The van der Waals surface area contributed by atoms with E-state index < -0.39 is 0 Å². The summed E-state index contributed by atoms with van der Waals surface area (Å²) in [6.45, 7) is 5.05. The highest BCUT2D eigenvalue weighted by Gasteiger charge is 2.25. The number of aromatic amines is 1. The van der Waals surface area contributed by atoms with E-state index in [1.165, 1.54) is 29.7 Å². The lowest BCUT2D eigenvalue weighted by Crippen LogP contribution is -2.35. The topological polar surface area (TPSA) is 57.7 Å². The molecule has 1 unspecified atom stereocenters. The minimum absolute atomic E-state index is 0.480. The number of aryl methyl sites for hydroxylation is 1. The van der Waals surface area contributed by atoms with Crippen LogP contribution >= 0.6 is 0 Å². The SMILES string of the molecule is Cc1nc2ccccc2nc1CN1CCCC(c2[nH]ncc2Cc2ccccc2)C1. The average molecular weight is 398 g/mol. The van der Waals surface area contributed by atoms with Gasteiger partial charge in [0.25, 0.3) is 0 Å². The number of aromatic nitrogens is 4. The maximum absolute atomic E-state index is 4.91. The van der Waals surface area contributed by atoms with Crippen molar-refractivity contribution in [3.05, 3.63) is 89.0 Å². The lowest BCUT2D eigenvalue weighted by atomic mass is 9.90. The molecular formula is C25H27N5. The fourth-order valence-corrected chi connectivity index (χ4v) is 4.55. The Morgan fingerprint density at radius 2 is 1.77 bits per heavy atom. The molecule has 0 bridgehead atoms. The molecule has 2 aromatic heterocycles. The third-order valence-electron chi connectivity index (χ3n) is 6.12. The van der Waals surface area contributed by atoms with E-state index in [0.717, 1.165) is 48.5 Å². The summed E-state index contributed by atoms with van der Waals surface area (Å²) >= 11 is 0. The molecule has 0 saturated carbocycles. The largest absolute Gasteiger partial charge is 0.297 e. The van der Waals surface area contributed by atoms with Crippen LogP contribution in [0.4, 0.5) is 0 Å². The smallest absolute Gasteiger partial charge is 0.0890 e. The first-order valence-corrected chi connectivity index (χ1v) is 10.8. The van der Waals surface area contributed by atoms with Gasteiger partial charge in [-0.05, 0) is 49.6 Å². The molecule has 4 aromatic rings.